The van der Waals surface area contributed by atoms with Crippen molar-refractivity contribution in [3.05, 3.63) is 83.7 Å². The maximum atomic E-state index is 14.9. The Hall–Kier alpha value is -4.61. The van der Waals surface area contributed by atoms with Crippen LogP contribution in [0.5, 0.6) is 0 Å². The normalized spacial score (nSPS) is 18.5. The van der Waals surface area contributed by atoms with Crippen LogP contribution in [0.1, 0.15) is 73.7 Å². The van der Waals surface area contributed by atoms with E-state index in [1.807, 2.05) is 48.5 Å². The van der Waals surface area contributed by atoms with Gasteiger partial charge in [0.2, 0.25) is 11.7 Å². The first-order chi connectivity index (χ1) is 24.4. The maximum Gasteiger partial charge on any atom is 0.228 e. The molecule has 0 bridgehead atoms. The number of nitrogens with zero attached hydrogens (tertiary/aromatic N) is 4. The smallest absolute Gasteiger partial charge is 0.228 e. The van der Waals surface area contributed by atoms with Gasteiger partial charge in [0.05, 0.1) is 5.56 Å². The second-order valence-electron chi connectivity index (χ2n) is 13.8. The highest BCUT2D eigenvalue weighted by Crippen LogP contribution is 2.31. The molecule has 2 fully saturated rings. The zero-order chi connectivity index (χ0) is 34.9. The third-order valence-electron chi connectivity index (χ3n) is 10.3. The number of aromatic nitrogens is 4. The summed E-state index contributed by atoms with van der Waals surface area (Å²) in [4.78, 5) is 42.4. The highest BCUT2D eigenvalue weighted by Gasteiger charge is 2.30. The standard InChI is InChI=1S/C39H46FN7O3/c40-35-24-33(17-18-34(35)38-43-45-46-44-38)42-39(50)32(23-37(49)31-11-7-27(25-41)8-12-31)22-26-5-9-28(10-6-26)29-13-15-30(16-14-29)36(48)4-3-21-47-19-1-2-20-47/h5-6,9-10,13-18,24,27,31-32H,1-4,7-8,11-12,19-23,25,41H2,(H,42,50)(H,43,44,45,46). The summed E-state index contributed by atoms with van der Waals surface area (Å²) in [6.07, 6.45) is 7.81. The molecule has 1 aliphatic heterocycles. The van der Waals surface area contributed by atoms with Crippen molar-refractivity contribution in [2.45, 2.75) is 64.2 Å². The molecule has 6 rings (SSSR count). The molecule has 0 radical (unpaired) electrons. The van der Waals surface area contributed by atoms with Gasteiger partial charge in [-0.15, -0.1) is 10.2 Å². The minimum Gasteiger partial charge on any atom is -0.330 e. The second-order valence-corrected chi connectivity index (χ2v) is 13.8. The Morgan fingerprint density at radius 1 is 0.940 bits per heavy atom. The maximum absolute atomic E-state index is 14.9. The molecule has 11 heteroatoms. The molecule has 1 unspecified atom stereocenters. The van der Waals surface area contributed by atoms with Gasteiger partial charge < -0.3 is 16.0 Å². The number of rotatable bonds is 15. The number of hydrogen-bond acceptors (Lipinski definition) is 8. The van der Waals surface area contributed by atoms with Gasteiger partial charge in [0.25, 0.3) is 0 Å². The van der Waals surface area contributed by atoms with Gasteiger partial charge in [-0.2, -0.15) is 5.21 Å². The molecule has 1 aliphatic carbocycles. The molecule has 1 saturated heterocycles. The number of nitrogens with two attached hydrogens (primary N) is 1. The van der Waals surface area contributed by atoms with Gasteiger partial charge in [-0.25, -0.2) is 4.39 Å². The second kappa shape index (κ2) is 16.9. The first-order valence-electron chi connectivity index (χ1n) is 17.9. The number of carbonyl (C=O) groups is 3. The topological polar surface area (TPSA) is 147 Å². The minimum absolute atomic E-state index is 0.0814. The molecule has 0 spiro atoms. The van der Waals surface area contributed by atoms with Crippen LogP contribution in [-0.2, 0) is 16.0 Å². The first-order valence-corrected chi connectivity index (χ1v) is 17.9. The summed E-state index contributed by atoms with van der Waals surface area (Å²) in [6, 6.07) is 20.0. The van der Waals surface area contributed by atoms with E-state index in [1.165, 1.54) is 25.0 Å². The van der Waals surface area contributed by atoms with E-state index < -0.39 is 11.7 Å². The number of Topliss-reactive ketones (excluding diaryl/α,β-unsaturated/α-hetero) is 2. The fourth-order valence-electron chi connectivity index (χ4n) is 7.26. The highest BCUT2D eigenvalue weighted by molar-refractivity contribution is 5.97. The average Bonchev–Trinajstić information content (AvgIpc) is 3.87. The third-order valence-corrected chi connectivity index (χ3v) is 10.3. The van der Waals surface area contributed by atoms with Gasteiger partial charge in [-0.05, 0) is 124 Å². The summed E-state index contributed by atoms with van der Waals surface area (Å²) in [5, 5.41) is 16.3. The van der Waals surface area contributed by atoms with E-state index in [0.29, 0.717) is 25.3 Å². The number of hydrogen-bond donors (Lipinski definition) is 3. The van der Waals surface area contributed by atoms with Crippen molar-refractivity contribution < 1.29 is 18.8 Å². The predicted octanol–water partition coefficient (Wildman–Crippen LogP) is 6.25. The monoisotopic (exact) mass is 679 g/mol. The molecule has 262 valence electrons. The molecule has 50 heavy (non-hydrogen) atoms. The molecular weight excluding hydrogens is 633 g/mol. The Balaban J connectivity index is 1.10. The molecule has 3 aromatic carbocycles. The number of anilines is 1. The number of tetrazole rings is 1. The molecule has 4 aromatic rings. The molecule has 10 nitrogen and oxygen atoms in total. The molecular formula is C39H46FN7O3. The van der Waals surface area contributed by atoms with Gasteiger partial charge in [0.1, 0.15) is 11.6 Å². The SMILES string of the molecule is NCC1CCC(C(=O)CC(Cc2ccc(-c3ccc(C(=O)CCCN4CCCC4)cc3)cc2)C(=O)Nc2ccc(-c3nn[nH]n3)c(F)c2)CC1. The molecule has 1 amide bonds. The van der Waals surface area contributed by atoms with Crippen LogP contribution in [0.4, 0.5) is 10.1 Å². The summed E-state index contributed by atoms with van der Waals surface area (Å²) in [5.41, 5.74) is 9.93. The van der Waals surface area contributed by atoms with Gasteiger partial charge in [0, 0.05) is 35.9 Å². The van der Waals surface area contributed by atoms with Crippen molar-refractivity contribution in [3.8, 4) is 22.5 Å². The molecule has 2 aliphatic rings. The van der Waals surface area contributed by atoms with Crippen LogP contribution in [0.3, 0.4) is 0 Å². The fourth-order valence-corrected chi connectivity index (χ4v) is 7.26. The lowest BCUT2D eigenvalue weighted by Gasteiger charge is -2.27. The van der Waals surface area contributed by atoms with Gasteiger partial charge in [0.15, 0.2) is 5.78 Å². The van der Waals surface area contributed by atoms with E-state index in [1.54, 1.807) is 6.07 Å². The van der Waals surface area contributed by atoms with E-state index in [2.05, 4.69) is 30.8 Å². The van der Waals surface area contributed by atoms with Crippen LogP contribution in [0.15, 0.2) is 66.7 Å². The van der Waals surface area contributed by atoms with E-state index >= 15 is 0 Å². The van der Waals surface area contributed by atoms with Crippen molar-refractivity contribution >= 4 is 23.2 Å². The summed E-state index contributed by atoms with van der Waals surface area (Å²) in [6.45, 7) is 3.90. The lowest BCUT2D eigenvalue weighted by Crippen LogP contribution is -2.31. The Bertz CT molecular complexity index is 1730. The van der Waals surface area contributed by atoms with Crippen LogP contribution in [0.25, 0.3) is 22.5 Å². The van der Waals surface area contributed by atoms with E-state index in [9.17, 15) is 18.8 Å². The zero-order valence-corrected chi connectivity index (χ0v) is 28.5. The van der Waals surface area contributed by atoms with Crippen LogP contribution in [-0.4, -0.2) is 69.2 Å². The van der Waals surface area contributed by atoms with Crippen LogP contribution >= 0.6 is 0 Å². The average molecular weight is 680 g/mol. The lowest BCUT2D eigenvalue weighted by atomic mass is 9.77. The molecule has 1 aromatic heterocycles. The first kappa shape index (κ1) is 35.2. The molecule has 4 N–H and O–H groups in total. The number of ketones is 2. The number of likely N-dealkylation sites (tertiary alicyclic amines) is 1. The number of amides is 1. The predicted molar refractivity (Wildman–Crippen MR) is 191 cm³/mol. The van der Waals surface area contributed by atoms with E-state index in [-0.39, 0.29) is 46.9 Å². The van der Waals surface area contributed by atoms with Crippen LogP contribution in [0.2, 0.25) is 0 Å². The summed E-state index contributed by atoms with van der Waals surface area (Å²) >= 11 is 0. The third kappa shape index (κ3) is 9.13. The Morgan fingerprint density at radius 2 is 1.64 bits per heavy atom. The van der Waals surface area contributed by atoms with Crippen LogP contribution < -0.4 is 11.1 Å². The number of benzene rings is 3. The van der Waals surface area contributed by atoms with Crippen LogP contribution in [0, 0.1) is 23.6 Å². The Morgan fingerprint density at radius 3 is 2.28 bits per heavy atom. The Kier molecular flexibility index (Phi) is 11.9. The van der Waals surface area contributed by atoms with Crippen molar-refractivity contribution in [3.63, 3.8) is 0 Å². The fraction of sp³-hybridized carbons (Fsp3) is 0.436. The van der Waals surface area contributed by atoms with E-state index in [4.69, 9.17) is 5.73 Å². The largest absolute Gasteiger partial charge is 0.330 e. The molecule has 2 heterocycles. The number of aromatic amines is 1. The van der Waals surface area contributed by atoms with E-state index in [0.717, 1.165) is 74.0 Å². The van der Waals surface area contributed by atoms with Crippen molar-refractivity contribution in [1.29, 1.82) is 0 Å². The lowest BCUT2D eigenvalue weighted by molar-refractivity contribution is -0.129. The summed E-state index contributed by atoms with van der Waals surface area (Å²) in [5.74, 6) is -0.847. The number of H-pyrrole nitrogens is 1. The number of carbonyl (C=O) groups excluding carboxylic acids is 3. The zero-order valence-electron chi connectivity index (χ0n) is 28.5. The van der Waals surface area contributed by atoms with Crippen molar-refractivity contribution in [2.75, 3.05) is 31.5 Å². The molecule has 1 atom stereocenters. The van der Waals surface area contributed by atoms with Gasteiger partial charge >= 0.3 is 0 Å². The number of halogens is 1. The van der Waals surface area contributed by atoms with Gasteiger partial charge in [-0.1, -0.05) is 48.5 Å². The number of nitrogens with one attached hydrogen (secondary N) is 2. The quantitative estimate of drug-likeness (QED) is 0.125. The molecule has 1 saturated carbocycles. The van der Waals surface area contributed by atoms with Crippen molar-refractivity contribution in [1.82, 2.24) is 25.5 Å². The highest BCUT2D eigenvalue weighted by atomic mass is 19.1. The van der Waals surface area contributed by atoms with Gasteiger partial charge in [-0.3, -0.25) is 14.4 Å². The minimum atomic E-state index is -0.642. The summed E-state index contributed by atoms with van der Waals surface area (Å²) in [7, 11) is 0. The summed E-state index contributed by atoms with van der Waals surface area (Å²) < 4.78 is 14.9. The van der Waals surface area contributed by atoms with Crippen molar-refractivity contribution in [2.24, 2.45) is 23.5 Å². The Labute approximate surface area is 292 Å².